The van der Waals surface area contributed by atoms with Crippen molar-refractivity contribution in [2.45, 2.75) is 25.3 Å². The Labute approximate surface area is 174 Å². The van der Waals surface area contributed by atoms with Crippen molar-refractivity contribution in [1.29, 1.82) is 0 Å². The molecule has 1 heterocycles. The Bertz CT molecular complexity index is 1150. The molecule has 0 aromatic heterocycles. The number of fused-ring (bicyclic) bond motifs is 2. The van der Waals surface area contributed by atoms with Crippen molar-refractivity contribution in [2.75, 3.05) is 4.90 Å². The van der Waals surface area contributed by atoms with Gasteiger partial charge in [-0.15, -0.1) is 0 Å². The highest BCUT2D eigenvalue weighted by Crippen LogP contribution is 2.31. The molecule has 148 valence electrons. The average molecular weight is 396 g/mol. The number of hydrogen-bond donors (Lipinski definition) is 1. The van der Waals surface area contributed by atoms with Crippen molar-refractivity contribution in [2.24, 2.45) is 0 Å². The number of benzene rings is 3. The van der Waals surface area contributed by atoms with Gasteiger partial charge in [-0.05, 0) is 60.7 Å². The van der Waals surface area contributed by atoms with Gasteiger partial charge in [0.05, 0.1) is 22.9 Å². The standard InChI is InChI=1S/C25H20N2O3/c28-23(26-22-14-6-8-16-7-1-2-11-19(16)22)17-9-5-10-18(15-17)27-24(29)20-12-3-4-13-21(20)25(27)30/h1-5,7,9-13,15,22H,6,8,14H2,(H,26,28). The number of carbonyl (C=O) groups is 3. The van der Waals surface area contributed by atoms with Gasteiger partial charge in [-0.25, -0.2) is 4.90 Å². The van der Waals surface area contributed by atoms with E-state index in [2.05, 4.69) is 17.4 Å². The first-order valence-electron chi connectivity index (χ1n) is 10.1. The van der Waals surface area contributed by atoms with Crippen molar-refractivity contribution in [3.63, 3.8) is 0 Å². The zero-order valence-electron chi connectivity index (χ0n) is 16.3. The molecule has 0 radical (unpaired) electrons. The van der Waals surface area contributed by atoms with Crippen LogP contribution in [0.5, 0.6) is 0 Å². The lowest BCUT2D eigenvalue weighted by molar-refractivity contribution is 0.0914. The molecule has 30 heavy (non-hydrogen) atoms. The molecule has 5 nitrogen and oxygen atoms in total. The lowest BCUT2D eigenvalue weighted by Gasteiger charge is -2.26. The molecule has 1 aliphatic carbocycles. The van der Waals surface area contributed by atoms with Crippen LogP contribution in [0.1, 0.15) is 61.1 Å². The van der Waals surface area contributed by atoms with Gasteiger partial charge in [-0.3, -0.25) is 14.4 Å². The van der Waals surface area contributed by atoms with Gasteiger partial charge in [0.2, 0.25) is 0 Å². The van der Waals surface area contributed by atoms with Crippen LogP contribution in [0.15, 0.2) is 72.8 Å². The molecule has 1 aliphatic heterocycles. The Kier molecular flexibility index (Phi) is 4.43. The molecule has 0 spiro atoms. The van der Waals surface area contributed by atoms with Gasteiger partial charge in [0.15, 0.2) is 0 Å². The molecule has 5 rings (SSSR count). The summed E-state index contributed by atoms with van der Waals surface area (Å²) in [5, 5.41) is 3.12. The monoisotopic (exact) mass is 396 g/mol. The number of amides is 3. The molecule has 3 aromatic rings. The van der Waals surface area contributed by atoms with Crippen LogP contribution < -0.4 is 10.2 Å². The average Bonchev–Trinajstić information content (AvgIpc) is 3.04. The molecule has 0 bridgehead atoms. The number of nitrogens with one attached hydrogen (secondary N) is 1. The fourth-order valence-corrected chi connectivity index (χ4v) is 4.36. The maximum atomic E-state index is 13.0. The van der Waals surface area contributed by atoms with Crippen LogP contribution in [-0.2, 0) is 6.42 Å². The number of hydrogen-bond acceptors (Lipinski definition) is 3. The van der Waals surface area contributed by atoms with E-state index in [1.165, 1.54) is 5.56 Å². The van der Waals surface area contributed by atoms with Gasteiger partial charge >= 0.3 is 0 Å². The zero-order chi connectivity index (χ0) is 20.7. The van der Waals surface area contributed by atoms with Crippen molar-refractivity contribution >= 4 is 23.4 Å². The second kappa shape index (κ2) is 7.26. The minimum atomic E-state index is -0.366. The third-order valence-corrected chi connectivity index (χ3v) is 5.84. The van der Waals surface area contributed by atoms with Gasteiger partial charge in [0, 0.05) is 5.56 Å². The summed E-state index contributed by atoms with van der Waals surface area (Å²) in [5.41, 5.74) is 4.03. The summed E-state index contributed by atoms with van der Waals surface area (Å²) in [6.07, 6.45) is 2.94. The van der Waals surface area contributed by atoms with E-state index in [0.717, 1.165) is 29.7 Å². The normalized spacial score (nSPS) is 17.5. The van der Waals surface area contributed by atoms with Crippen LogP contribution in [0.3, 0.4) is 0 Å². The fourth-order valence-electron chi connectivity index (χ4n) is 4.36. The first-order chi connectivity index (χ1) is 14.6. The zero-order valence-corrected chi connectivity index (χ0v) is 16.3. The van der Waals surface area contributed by atoms with Crippen LogP contribution in [0.4, 0.5) is 5.69 Å². The number of imide groups is 1. The maximum absolute atomic E-state index is 13.0. The molecule has 0 saturated heterocycles. The van der Waals surface area contributed by atoms with Gasteiger partial charge in [0.25, 0.3) is 17.7 Å². The number of anilines is 1. The van der Waals surface area contributed by atoms with Gasteiger partial charge in [-0.1, -0.05) is 42.5 Å². The van der Waals surface area contributed by atoms with Gasteiger partial charge in [-0.2, -0.15) is 0 Å². The summed E-state index contributed by atoms with van der Waals surface area (Å²) < 4.78 is 0. The lowest BCUT2D eigenvalue weighted by Crippen LogP contribution is -2.32. The van der Waals surface area contributed by atoms with Crippen molar-refractivity contribution in [3.8, 4) is 0 Å². The summed E-state index contributed by atoms with van der Waals surface area (Å²) in [6, 6.07) is 21.6. The van der Waals surface area contributed by atoms with E-state index in [1.54, 1.807) is 48.5 Å². The van der Waals surface area contributed by atoms with Crippen LogP contribution in [-0.4, -0.2) is 17.7 Å². The molecule has 3 aromatic carbocycles. The Morgan fingerprint density at radius 2 is 1.57 bits per heavy atom. The van der Waals surface area contributed by atoms with Crippen LogP contribution in [0, 0.1) is 0 Å². The van der Waals surface area contributed by atoms with E-state index in [-0.39, 0.29) is 23.8 Å². The first-order valence-corrected chi connectivity index (χ1v) is 10.1. The second-order valence-corrected chi connectivity index (χ2v) is 7.66. The fraction of sp³-hybridized carbons (Fsp3) is 0.160. The third-order valence-electron chi connectivity index (χ3n) is 5.84. The van der Waals surface area contributed by atoms with Gasteiger partial charge < -0.3 is 5.32 Å². The molecule has 3 amide bonds. The molecular weight excluding hydrogens is 376 g/mol. The highest BCUT2D eigenvalue weighted by molar-refractivity contribution is 6.34. The van der Waals surface area contributed by atoms with E-state index in [1.807, 2.05) is 12.1 Å². The highest BCUT2D eigenvalue weighted by Gasteiger charge is 2.36. The largest absolute Gasteiger partial charge is 0.345 e. The van der Waals surface area contributed by atoms with Crippen molar-refractivity contribution in [1.82, 2.24) is 5.32 Å². The molecule has 1 N–H and O–H groups in total. The number of aryl methyl sites for hydroxylation is 1. The molecule has 1 atom stereocenters. The van der Waals surface area contributed by atoms with Crippen molar-refractivity contribution < 1.29 is 14.4 Å². The smallest absolute Gasteiger partial charge is 0.266 e. The molecule has 1 unspecified atom stereocenters. The Hall–Kier alpha value is -3.73. The summed E-state index contributed by atoms with van der Waals surface area (Å²) in [4.78, 5) is 39.6. The molecule has 0 saturated carbocycles. The number of rotatable bonds is 3. The van der Waals surface area contributed by atoms with E-state index in [0.29, 0.717) is 22.4 Å². The van der Waals surface area contributed by atoms with Crippen molar-refractivity contribution in [3.05, 3.63) is 101 Å². The molecule has 0 fully saturated rings. The maximum Gasteiger partial charge on any atom is 0.266 e. The molecule has 5 heteroatoms. The van der Waals surface area contributed by atoms with Crippen LogP contribution in [0.25, 0.3) is 0 Å². The Morgan fingerprint density at radius 1 is 0.867 bits per heavy atom. The minimum absolute atomic E-state index is 0.0367. The minimum Gasteiger partial charge on any atom is -0.345 e. The summed E-state index contributed by atoms with van der Waals surface area (Å²) in [7, 11) is 0. The van der Waals surface area contributed by atoms with E-state index in [4.69, 9.17) is 0 Å². The quantitative estimate of drug-likeness (QED) is 0.672. The lowest BCUT2D eigenvalue weighted by atomic mass is 9.87. The predicted molar refractivity (Wildman–Crippen MR) is 114 cm³/mol. The third kappa shape index (κ3) is 2.99. The highest BCUT2D eigenvalue weighted by atomic mass is 16.2. The predicted octanol–water partition coefficient (Wildman–Crippen LogP) is 4.29. The van der Waals surface area contributed by atoms with Crippen LogP contribution >= 0.6 is 0 Å². The summed E-state index contributed by atoms with van der Waals surface area (Å²) >= 11 is 0. The topological polar surface area (TPSA) is 66.5 Å². The van der Waals surface area contributed by atoms with E-state index in [9.17, 15) is 14.4 Å². The summed E-state index contributed by atoms with van der Waals surface area (Å²) in [6.45, 7) is 0. The second-order valence-electron chi connectivity index (χ2n) is 7.66. The van der Waals surface area contributed by atoms with E-state index >= 15 is 0 Å². The Morgan fingerprint density at radius 3 is 2.33 bits per heavy atom. The first kappa shape index (κ1) is 18.3. The number of nitrogens with zero attached hydrogens (tertiary/aromatic N) is 1. The van der Waals surface area contributed by atoms with Crippen LogP contribution in [0.2, 0.25) is 0 Å². The molecular formula is C25H20N2O3. The van der Waals surface area contributed by atoms with E-state index < -0.39 is 0 Å². The number of carbonyl (C=O) groups excluding carboxylic acids is 3. The SMILES string of the molecule is O=C(NC1CCCc2ccccc21)c1cccc(N2C(=O)c3ccccc3C2=O)c1. The summed E-state index contributed by atoms with van der Waals surface area (Å²) in [5.74, 6) is -0.945. The van der Waals surface area contributed by atoms with Gasteiger partial charge in [0.1, 0.15) is 0 Å². The molecule has 2 aliphatic rings. The Balaban J connectivity index is 1.41.